The molecule has 1 aliphatic heterocycles. The van der Waals surface area contributed by atoms with Gasteiger partial charge in [0.15, 0.2) is 0 Å². The number of nitrogens with one attached hydrogen (secondary N) is 1. The minimum absolute atomic E-state index is 0.533. The van der Waals surface area contributed by atoms with Gasteiger partial charge in [-0.2, -0.15) is 0 Å². The van der Waals surface area contributed by atoms with Crippen molar-refractivity contribution in [3.05, 3.63) is 24.3 Å². The van der Waals surface area contributed by atoms with Crippen LogP contribution in [0.5, 0.6) is 5.75 Å². The zero-order chi connectivity index (χ0) is 13.0. The first-order valence-electron chi connectivity index (χ1n) is 6.88. The van der Waals surface area contributed by atoms with Gasteiger partial charge in [-0.3, -0.25) is 0 Å². The average molecular weight is 248 g/mol. The number of piperazine rings is 1. The van der Waals surface area contributed by atoms with E-state index in [-0.39, 0.29) is 0 Å². The predicted octanol–water partition coefficient (Wildman–Crippen LogP) is 2.66. The molecule has 0 radical (unpaired) electrons. The van der Waals surface area contributed by atoms with Crippen LogP contribution in [0.3, 0.4) is 0 Å². The van der Waals surface area contributed by atoms with E-state index in [4.69, 9.17) is 4.74 Å². The Bertz CT molecular complexity index is 381. The minimum Gasteiger partial charge on any atom is -0.497 e. The molecule has 2 atom stereocenters. The van der Waals surface area contributed by atoms with Crippen molar-refractivity contribution < 1.29 is 4.74 Å². The third-order valence-electron chi connectivity index (χ3n) is 3.67. The summed E-state index contributed by atoms with van der Waals surface area (Å²) in [6.45, 7) is 6.66. The number of nitrogens with zero attached hydrogens (tertiary/aromatic N) is 1. The summed E-state index contributed by atoms with van der Waals surface area (Å²) >= 11 is 0. The first-order chi connectivity index (χ1) is 8.74. The van der Waals surface area contributed by atoms with Gasteiger partial charge in [-0.05, 0) is 25.5 Å². The van der Waals surface area contributed by atoms with Gasteiger partial charge in [0.25, 0.3) is 0 Å². The van der Waals surface area contributed by atoms with Gasteiger partial charge >= 0.3 is 0 Å². The summed E-state index contributed by atoms with van der Waals surface area (Å²) in [5.41, 5.74) is 1.27. The zero-order valence-corrected chi connectivity index (χ0v) is 11.6. The van der Waals surface area contributed by atoms with Gasteiger partial charge in [0.05, 0.1) is 7.11 Å². The molecule has 1 aromatic carbocycles. The van der Waals surface area contributed by atoms with Crippen LogP contribution in [0.4, 0.5) is 5.69 Å². The molecular formula is C15H24N2O. The molecule has 0 spiro atoms. The van der Waals surface area contributed by atoms with E-state index in [1.807, 2.05) is 6.07 Å². The third kappa shape index (κ3) is 2.96. The number of hydrogen-bond acceptors (Lipinski definition) is 3. The van der Waals surface area contributed by atoms with Gasteiger partial charge in [0.2, 0.25) is 0 Å². The molecule has 1 heterocycles. The molecule has 18 heavy (non-hydrogen) atoms. The molecule has 1 N–H and O–H groups in total. The second-order valence-electron chi connectivity index (χ2n) is 5.10. The lowest BCUT2D eigenvalue weighted by atomic mass is 10.0. The van der Waals surface area contributed by atoms with E-state index in [1.165, 1.54) is 18.5 Å². The smallest absolute Gasteiger partial charge is 0.120 e. The highest BCUT2D eigenvalue weighted by atomic mass is 16.5. The van der Waals surface area contributed by atoms with Crippen molar-refractivity contribution in [1.29, 1.82) is 0 Å². The molecule has 0 bridgehead atoms. The summed E-state index contributed by atoms with van der Waals surface area (Å²) in [6.07, 6.45) is 2.48. The number of ether oxygens (including phenoxy) is 1. The SMILES string of the molecule is CCCC1CN(c2cccc(OC)c2)C(C)CN1. The Morgan fingerprint density at radius 1 is 1.44 bits per heavy atom. The highest BCUT2D eigenvalue weighted by Gasteiger charge is 2.24. The summed E-state index contributed by atoms with van der Waals surface area (Å²) < 4.78 is 5.31. The van der Waals surface area contributed by atoms with E-state index < -0.39 is 0 Å². The first-order valence-corrected chi connectivity index (χ1v) is 6.88. The van der Waals surface area contributed by atoms with Crippen LogP contribution in [-0.2, 0) is 0 Å². The number of rotatable bonds is 4. The quantitative estimate of drug-likeness (QED) is 0.886. The number of methoxy groups -OCH3 is 1. The molecule has 1 saturated heterocycles. The molecule has 3 nitrogen and oxygen atoms in total. The largest absolute Gasteiger partial charge is 0.497 e. The van der Waals surface area contributed by atoms with Crippen molar-refractivity contribution in [1.82, 2.24) is 5.32 Å². The van der Waals surface area contributed by atoms with Crippen molar-refractivity contribution in [2.45, 2.75) is 38.8 Å². The lowest BCUT2D eigenvalue weighted by Crippen LogP contribution is -2.55. The summed E-state index contributed by atoms with van der Waals surface area (Å²) in [4.78, 5) is 2.49. The fraction of sp³-hybridized carbons (Fsp3) is 0.600. The van der Waals surface area contributed by atoms with Gasteiger partial charge in [0.1, 0.15) is 5.75 Å². The highest BCUT2D eigenvalue weighted by molar-refractivity contribution is 5.52. The molecule has 3 heteroatoms. The summed E-state index contributed by atoms with van der Waals surface area (Å²) in [7, 11) is 1.72. The van der Waals surface area contributed by atoms with E-state index in [2.05, 4.69) is 42.3 Å². The first kappa shape index (κ1) is 13.2. The van der Waals surface area contributed by atoms with E-state index in [1.54, 1.807) is 7.11 Å². The maximum atomic E-state index is 5.31. The molecule has 2 rings (SSSR count). The lowest BCUT2D eigenvalue weighted by molar-refractivity contribution is 0.384. The molecule has 0 amide bonds. The molecule has 1 aromatic rings. The Morgan fingerprint density at radius 2 is 2.28 bits per heavy atom. The predicted molar refractivity (Wildman–Crippen MR) is 76.5 cm³/mol. The van der Waals surface area contributed by atoms with Crippen molar-refractivity contribution in [3.63, 3.8) is 0 Å². The Morgan fingerprint density at radius 3 is 3.00 bits per heavy atom. The van der Waals surface area contributed by atoms with Gasteiger partial charge < -0.3 is 15.0 Å². The average Bonchev–Trinajstić information content (AvgIpc) is 2.41. The van der Waals surface area contributed by atoms with Crippen LogP contribution in [0.15, 0.2) is 24.3 Å². The van der Waals surface area contributed by atoms with Crippen LogP contribution < -0.4 is 15.0 Å². The van der Waals surface area contributed by atoms with Crippen LogP contribution in [0.1, 0.15) is 26.7 Å². The highest BCUT2D eigenvalue weighted by Crippen LogP contribution is 2.24. The number of anilines is 1. The molecule has 0 aromatic heterocycles. The maximum absolute atomic E-state index is 5.31. The van der Waals surface area contributed by atoms with E-state index in [0.717, 1.165) is 18.8 Å². The van der Waals surface area contributed by atoms with Gasteiger partial charge in [-0.25, -0.2) is 0 Å². The van der Waals surface area contributed by atoms with E-state index in [9.17, 15) is 0 Å². The summed E-state index contributed by atoms with van der Waals surface area (Å²) in [5.74, 6) is 0.935. The number of benzene rings is 1. The molecule has 0 aliphatic carbocycles. The van der Waals surface area contributed by atoms with Crippen LogP contribution >= 0.6 is 0 Å². The summed E-state index contributed by atoms with van der Waals surface area (Å²) in [5, 5.41) is 3.63. The minimum atomic E-state index is 0.533. The van der Waals surface area contributed by atoms with Gasteiger partial charge in [-0.15, -0.1) is 0 Å². The monoisotopic (exact) mass is 248 g/mol. The fourth-order valence-corrected chi connectivity index (χ4v) is 2.62. The number of hydrogen-bond donors (Lipinski definition) is 1. The van der Waals surface area contributed by atoms with Crippen molar-refractivity contribution in [2.24, 2.45) is 0 Å². The second-order valence-corrected chi connectivity index (χ2v) is 5.10. The third-order valence-corrected chi connectivity index (χ3v) is 3.67. The Kier molecular flexibility index (Phi) is 4.48. The Balaban J connectivity index is 2.13. The van der Waals surface area contributed by atoms with E-state index >= 15 is 0 Å². The standard InChI is InChI=1S/C15H24N2O/c1-4-6-13-11-17(12(2)10-16-13)14-7-5-8-15(9-14)18-3/h5,7-9,12-13,16H,4,6,10-11H2,1-3H3. The zero-order valence-electron chi connectivity index (χ0n) is 11.6. The van der Waals surface area contributed by atoms with Gasteiger partial charge in [0, 0.05) is 36.9 Å². The van der Waals surface area contributed by atoms with E-state index in [0.29, 0.717) is 12.1 Å². The second kappa shape index (κ2) is 6.10. The van der Waals surface area contributed by atoms with Crippen molar-refractivity contribution >= 4 is 5.69 Å². The molecule has 100 valence electrons. The Labute approximate surface area is 110 Å². The van der Waals surface area contributed by atoms with Crippen LogP contribution in [0, 0.1) is 0 Å². The van der Waals surface area contributed by atoms with Crippen LogP contribution in [-0.4, -0.2) is 32.3 Å². The fourth-order valence-electron chi connectivity index (χ4n) is 2.62. The van der Waals surface area contributed by atoms with Crippen LogP contribution in [0.2, 0.25) is 0 Å². The normalized spacial score (nSPS) is 24.1. The molecule has 0 saturated carbocycles. The topological polar surface area (TPSA) is 24.5 Å². The van der Waals surface area contributed by atoms with Crippen molar-refractivity contribution in [3.8, 4) is 5.75 Å². The molecule has 1 aliphatic rings. The molecular weight excluding hydrogens is 224 g/mol. The van der Waals surface area contributed by atoms with Gasteiger partial charge in [-0.1, -0.05) is 19.4 Å². The summed E-state index contributed by atoms with van der Waals surface area (Å²) in [6, 6.07) is 9.51. The Hall–Kier alpha value is -1.22. The maximum Gasteiger partial charge on any atom is 0.120 e. The van der Waals surface area contributed by atoms with Crippen LogP contribution in [0.25, 0.3) is 0 Å². The molecule has 2 unspecified atom stereocenters. The molecule has 1 fully saturated rings. The van der Waals surface area contributed by atoms with Crippen molar-refractivity contribution in [2.75, 3.05) is 25.1 Å². The lowest BCUT2D eigenvalue weighted by Gasteiger charge is -2.40.